The van der Waals surface area contributed by atoms with Crippen molar-refractivity contribution in [3.63, 3.8) is 0 Å². The zero-order chi connectivity index (χ0) is 10.7. The molecule has 1 unspecified atom stereocenters. The second-order valence-electron chi connectivity index (χ2n) is 5.54. The number of hydrogen-bond acceptors (Lipinski definition) is 2. The molecule has 0 amide bonds. The van der Waals surface area contributed by atoms with E-state index in [1.807, 2.05) is 0 Å². The number of ether oxygens (including phenoxy) is 1. The SMILES string of the molecule is CC(CCN)C1(C2CCCCC2)COC1. The average molecular weight is 211 g/mol. The predicted octanol–water partition coefficient (Wildman–Crippen LogP) is 2.57. The lowest BCUT2D eigenvalue weighted by atomic mass is 9.60. The van der Waals surface area contributed by atoms with Gasteiger partial charge in [-0.25, -0.2) is 0 Å². The maximum absolute atomic E-state index is 5.69. The van der Waals surface area contributed by atoms with Crippen molar-refractivity contribution in [3.05, 3.63) is 0 Å². The van der Waals surface area contributed by atoms with Gasteiger partial charge in [0, 0.05) is 5.41 Å². The summed E-state index contributed by atoms with van der Waals surface area (Å²) >= 11 is 0. The maximum Gasteiger partial charge on any atom is 0.0550 e. The van der Waals surface area contributed by atoms with Crippen LogP contribution in [0, 0.1) is 17.3 Å². The van der Waals surface area contributed by atoms with Crippen LogP contribution in [0.15, 0.2) is 0 Å². The minimum Gasteiger partial charge on any atom is -0.380 e. The molecule has 1 heterocycles. The summed E-state index contributed by atoms with van der Waals surface area (Å²) in [7, 11) is 0. The van der Waals surface area contributed by atoms with Gasteiger partial charge in [-0.05, 0) is 37.6 Å². The van der Waals surface area contributed by atoms with Crippen LogP contribution in [0.25, 0.3) is 0 Å². The third-order valence-electron chi connectivity index (χ3n) is 4.74. The van der Waals surface area contributed by atoms with Crippen molar-refractivity contribution in [1.29, 1.82) is 0 Å². The number of rotatable bonds is 4. The highest BCUT2D eigenvalue weighted by Crippen LogP contribution is 2.49. The first-order valence-corrected chi connectivity index (χ1v) is 6.57. The largest absolute Gasteiger partial charge is 0.380 e. The second kappa shape index (κ2) is 4.84. The molecule has 0 aromatic carbocycles. The van der Waals surface area contributed by atoms with Crippen LogP contribution in [0.5, 0.6) is 0 Å². The summed E-state index contributed by atoms with van der Waals surface area (Å²) in [6.07, 6.45) is 8.33. The van der Waals surface area contributed by atoms with Gasteiger partial charge in [0.1, 0.15) is 0 Å². The molecule has 2 N–H and O–H groups in total. The van der Waals surface area contributed by atoms with Gasteiger partial charge in [-0.15, -0.1) is 0 Å². The molecule has 1 aliphatic heterocycles. The molecular weight excluding hydrogens is 186 g/mol. The fourth-order valence-electron chi connectivity index (χ4n) is 3.48. The molecular formula is C13H25NO. The molecule has 0 radical (unpaired) electrons. The first kappa shape index (κ1) is 11.4. The molecule has 2 rings (SSSR count). The molecule has 15 heavy (non-hydrogen) atoms. The zero-order valence-corrected chi connectivity index (χ0v) is 10.0. The summed E-state index contributed by atoms with van der Waals surface area (Å²) in [6.45, 7) is 5.21. The standard InChI is InChI=1S/C13H25NO/c1-11(7-8-14)13(9-15-10-13)12-5-3-2-4-6-12/h11-12H,2-10,14H2,1H3. The zero-order valence-electron chi connectivity index (χ0n) is 10.0. The van der Waals surface area contributed by atoms with Gasteiger partial charge >= 0.3 is 0 Å². The van der Waals surface area contributed by atoms with E-state index in [9.17, 15) is 0 Å². The maximum atomic E-state index is 5.69. The molecule has 2 fully saturated rings. The van der Waals surface area contributed by atoms with Crippen LogP contribution in [0.4, 0.5) is 0 Å². The molecule has 1 atom stereocenters. The smallest absolute Gasteiger partial charge is 0.0550 e. The Morgan fingerprint density at radius 3 is 2.40 bits per heavy atom. The Morgan fingerprint density at radius 2 is 1.93 bits per heavy atom. The molecule has 0 aromatic rings. The highest BCUT2D eigenvalue weighted by Gasteiger charge is 2.48. The van der Waals surface area contributed by atoms with E-state index in [-0.39, 0.29) is 0 Å². The Bertz CT molecular complexity index is 195. The van der Waals surface area contributed by atoms with E-state index in [0.29, 0.717) is 5.41 Å². The Hall–Kier alpha value is -0.0800. The van der Waals surface area contributed by atoms with Gasteiger partial charge in [0.15, 0.2) is 0 Å². The highest BCUT2D eigenvalue weighted by molar-refractivity contribution is 4.96. The molecule has 2 heteroatoms. The Kier molecular flexibility index (Phi) is 3.68. The monoisotopic (exact) mass is 211 g/mol. The molecule has 1 aliphatic carbocycles. The number of nitrogens with two attached hydrogens (primary N) is 1. The van der Waals surface area contributed by atoms with E-state index in [0.717, 1.165) is 31.6 Å². The lowest BCUT2D eigenvalue weighted by molar-refractivity contribution is -0.182. The van der Waals surface area contributed by atoms with Crippen LogP contribution >= 0.6 is 0 Å². The first-order chi connectivity index (χ1) is 7.29. The molecule has 1 saturated carbocycles. The molecule has 0 bridgehead atoms. The topological polar surface area (TPSA) is 35.2 Å². The van der Waals surface area contributed by atoms with Crippen molar-refractivity contribution in [2.75, 3.05) is 19.8 Å². The summed E-state index contributed by atoms with van der Waals surface area (Å²) in [5.41, 5.74) is 6.19. The van der Waals surface area contributed by atoms with Crippen LogP contribution in [0.2, 0.25) is 0 Å². The highest BCUT2D eigenvalue weighted by atomic mass is 16.5. The first-order valence-electron chi connectivity index (χ1n) is 6.57. The summed E-state index contributed by atoms with van der Waals surface area (Å²) in [6, 6.07) is 0. The van der Waals surface area contributed by atoms with Gasteiger partial charge in [-0.2, -0.15) is 0 Å². The van der Waals surface area contributed by atoms with E-state index in [1.165, 1.54) is 38.5 Å². The summed E-state index contributed by atoms with van der Waals surface area (Å²) in [5, 5.41) is 0. The lowest BCUT2D eigenvalue weighted by Crippen LogP contribution is -2.53. The fourth-order valence-corrected chi connectivity index (χ4v) is 3.48. The normalized spacial score (nSPS) is 28.4. The van der Waals surface area contributed by atoms with Gasteiger partial charge in [0.2, 0.25) is 0 Å². The molecule has 0 aromatic heterocycles. The Morgan fingerprint density at radius 1 is 1.27 bits per heavy atom. The third kappa shape index (κ3) is 2.07. The van der Waals surface area contributed by atoms with Crippen LogP contribution < -0.4 is 5.73 Å². The van der Waals surface area contributed by atoms with E-state index in [1.54, 1.807) is 0 Å². The predicted molar refractivity (Wildman–Crippen MR) is 62.7 cm³/mol. The van der Waals surface area contributed by atoms with Crippen molar-refractivity contribution < 1.29 is 4.74 Å². The van der Waals surface area contributed by atoms with Crippen LogP contribution in [0.1, 0.15) is 45.4 Å². The fraction of sp³-hybridized carbons (Fsp3) is 1.00. The molecule has 1 saturated heterocycles. The minimum atomic E-state index is 0.500. The van der Waals surface area contributed by atoms with Gasteiger partial charge in [-0.1, -0.05) is 26.2 Å². The van der Waals surface area contributed by atoms with Crippen molar-refractivity contribution in [1.82, 2.24) is 0 Å². The van der Waals surface area contributed by atoms with Crippen molar-refractivity contribution in [2.45, 2.75) is 45.4 Å². The third-order valence-corrected chi connectivity index (χ3v) is 4.74. The average Bonchev–Trinajstić information content (AvgIpc) is 2.18. The van der Waals surface area contributed by atoms with Crippen molar-refractivity contribution in [2.24, 2.45) is 23.0 Å². The lowest BCUT2D eigenvalue weighted by Gasteiger charge is -2.52. The molecule has 2 aliphatic rings. The van der Waals surface area contributed by atoms with Crippen LogP contribution in [-0.2, 0) is 4.74 Å². The van der Waals surface area contributed by atoms with E-state index < -0.39 is 0 Å². The van der Waals surface area contributed by atoms with Crippen molar-refractivity contribution >= 4 is 0 Å². The Labute approximate surface area is 93.6 Å². The van der Waals surface area contributed by atoms with Crippen LogP contribution in [-0.4, -0.2) is 19.8 Å². The van der Waals surface area contributed by atoms with Gasteiger partial charge in [-0.3, -0.25) is 0 Å². The van der Waals surface area contributed by atoms with E-state index in [4.69, 9.17) is 10.5 Å². The quantitative estimate of drug-likeness (QED) is 0.775. The van der Waals surface area contributed by atoms with E-state index >= 15 is 0 Å². The number of hydrogen-bond donors (Lipinski definition) is 1. The Balaban J connectivity index is 1.99. The summed E-state index contributed by atoms with van der Waals surface area (Å²) in [4.78, 5) is 0. The van der Waals surface area contributed by atoms with E-state index in [2.05, 4.69) is 6.92 Å². The second-order valence-corrected chi connectivity index (χ2v) is 5.54. The van der Waals surface area contributed by atoms with Crippen LogP contribution in [0.3, 0.4) is 0 Å². The van der Waals surface area contributed by atoms with Gasteiger partial charge < -0.3 is 10.5 Å². The summed E-state index contributed by atoms with van der Waals surface area (Å²) in [5.74, 6) is 1.67. The molecule has 88 valence electrons. The molecule has 2 nitrogen and oxygen atoms in total. The van der Waals surface area contributed by atoms with Gasteiger partial charge in [0.25, 0.3) is 0 Å². The molecule has 0 spiro atoms. The summed E-state index contributed by atoms with van der Waals surface area (Å²) < 4.78 is 5.52. The van der Waals surface area contributed by atoms with Crippen molar-refractivity contribution in [3.8, 4) is 0 Å². The van der Waals surface area contributed by atoms with Gasteiger partial charge in [0.05, 0.1) is 13.2 Å². The minimum absolute atomic E-state index is 0.500.